The Morgan fingerprint density at radius 1 is 1.58 bits per heavy atom. The fourth-order valence-corrected chi connectivity index (χ4v) is 4.42. The highest BCUT2D eigenvalue weighted by Crippen LogP contribution is 2.57. The molecule has 0 aromatic carbocycles. The lowest BCUT2D eigenvalue weighted by molar-refractivity contribution is 0.289. The highest BCUT2D eigenvalue weighted by molar-refractivity contribution is 7.77. The maximum absolute atomic E-state index is 5.65. The predicted octanol–water partition coefficient (Wildman–Crippen LogP) is 0.567. The van der Waals surface area contributed by atoms with E-state index in [0.29, 0.717) is 6.67 Å². The van der Waals surface area contributed by atoms with Gasteiger partial charge in [-0.05, 0) is 0 Å². The van der Waals surface area contributed by atoms with E-state index in [4.69, 9.17) is 5.73 Å². The van der Waals surface area contributed by atoms with Gasteiger partial charge in [0.25, 0.3) is 0 Å². The molecule has 2 aliphatic heterocycles. The molecule has 1 saturated heterocycles. The first kappa shape index (κ1) is 8.49. The van der Waals surface area contributed by atoms with Gasteiger partial charge in [-0.25, -0.2) is 4.90 Å². The minimum absolute atomic E-state index is 0.669. The summed E-state index contributed by atoms with van der Waals surface area (Å²) in [7, 11) is -0.770. The van der Waals surface area contributed by atoms with Gasteiger partial charge in [0, 0.05) is 6.54 Å². The van der Waals surface area contributed by atoms with Crippen molar-refractivity contribution < 1.29 is 0 Å². The third-order valence-corrected chi connectivity index (χ3v) is 4.57. The molecule has 1 atom stereocenters. The summed E-state index contributed by atoms with van der Waals surface area (Å²) >= 11 is 0. The van der Waals surface area contributed by atoms with Crippen LogP contribution < -0.4 is 5.73 Å². The first-order valence-electron chi connectivity index (χ1n) is 4.32. The molecule has 1 unspecified atom stereocenters. The third kappa shape index (κ3) is 1.37. The molecule has 0 aromatic heterocycles. The number of hydrogen-bond donors (Lipinski definition) is 1. The smallest absolute Gasteiger partial charge is 0.117 e. The van der Waals surface area contributed by atoms with Gasteiger partial charge in [-0.3, -0.25) is 0 Å². The molecule has 68 valence electrons. The van der Waals surface area contributed by atoms with Gasteiger partial charge in [0.15, 0.2) is 0 Å². The van der Waals surface area contributed by atoms with Crippen LogP contribution in [-0.2, 0) is 0 Å². The van der Waals surface area contributed by atoms with E-state index in [0.717, 1.165) is 13.2 Å². The molecule has 0 spiro atoms. The standard InChI is InChI=1S/C8H17N3P/c1-12(2)4-8-3-10(7-12)6-11(8)5-9/h4H,3,5-7,9H2,1-2H3/q+1. The van der Waals surface area contributed by atoms with Crippen molar-refractivity contribution in [3.05, 3.63) is 11.5 Å². The summed E-state index contributed by atoms with van der Waals surface area (Å²) in [5.41, 5.74) is 7.11. The van der Waals surface area contributed by atoms with Gasteiger partial charge in [0.2, 0.25) is 0 Å². The number of rotatable bonds is 1. The molecule has 2 heterocycles. The Morgan fingerprint density at radius 2 is 2.33 bits per heavy atom. The fraction of sp³-hybridized carbons (Fsp3) is 0.750. The van der Waals surface area contributed by atoms with Crippen LogP contribution in [0.2, 0.25) is 0 Å². The Bertz CT molecular complexity index is 224. The van der Waals surface area contributed by atoms with Crippen LogP contribution in [0, 0.1) is 0 Å². The monoisotopic (exact) mass is 186 g/mol. The summed E-state index contributed by atoms with van der Waals surface area (Å²) in [4.78, 5) is 4.77. The minimum Gasteiger partial charge on any atom is -0.345 e. The normalized spacial score (nSPS) is 32.1. The summed E-state index contributed by atoms with van der Waals surface area (Å²) in [5, 5.41) is 0. The lowest BCUT2D eigenvalue weighted by Crippen LogP contribution is -2.28. The lowest BCUT2D eigenvalue weighted by Gasteiger charge is -2.22. The average Bonchev–Trinajstić information content (AvgIpc) is 2.24. The maximum Gasteiger partial charge on any atom is 0.117 e. The first-order chi connectivity index (χ1) is 5.61. The molecular weight excluding hydrogens is 169 g/mol. The number of fused-ring (bicyclic) bond motifs is 2. The fourth-order valence-electron chi connectivity index (χ4n) is 2.06. The van der Waals surface area contributed by atoms with Gasteiger partial charge >= 0.3 is 0 Å². The summed E-state index contributed by atoms with van der Waals surface area (Å²) < 4.78 is 0. The topological polar surface area (TPSA) is 32.5 Å². The largest absolute Gasteiger partial charge is 0.345 e. The third-order valence-electron chi connectivity index (χ3n) is 2.45. The van der Waals surface area contributed by atoms with E-state index < -0.39 is 7.26 Å². The van der Waals surface area contributed by atoms with Crippen molar-refractivity contribution in [2.75, 3.05) is 39.5 Å². The molecule has 0 amide bonds. The zero-order valence-corrected chi connectivity index (χ0v) is 8.72. The minimum atomic E-state index is -0.770. The van der Waals surface area contributed by atoms with Gasteiger partial charge in [-0.15, -0.1) is 0 Å². The molecule has 1 fully saturated rings. The molecule has 4 heteroatoms. The van der Waals surface area contributed by atoms with Crippen molar-refractivity contribution >= 4 is 7.26 Å². The van der Waals surface area contributed by atoms with Crippen molar-refractivity contribution in [3.8, 4) is 0 Å². The maximum atomic E-state index is 5.65. The van der Waals surface area contributed by atoms with Crippen molar-refractivity contribution in [3.63, 3.8) is 0 Å². The van der Waals surface area contributed by atoms with Crippen molar-refractivity contribution in [2.45, 2.75) is 0 Å². The van der Waals surface area contributed by atoms with Crippen molar-refractivity contribution in [1.82, 2.24) is 9.80 Å². The Kier molecular flexibility index (Phi) is 1.90. The van der Waals surface area contributed by atoms with Gasteiger partial charge in [0.05, 0.1) is 45.4 Å². The Balaban J connectivity index is 2.24. The van der Waals surface area contributed by atoms with Gasteiger partial charge in [-0.2, -0.15) is 0 Å². The second-order valence-electron chi connectivity index (χ2n) is 4.23. The molecule has 0 aromatic rings. The molecule has 0 aliphatic carbocycles. The van der Waals surface area contributed by atoms with Crippen LogP contribution in [0.25, 0.3) is 0 Å². The quantitative estimate of drug-likeness (QED) is 0.607. The molecule has 2 bridgehead atoms. The zero-order valence-electron chi connectivity index (χ0n) is 7.82. The number of nitrogens with zero attached hydrogens (tertiary/aromatic N) is 2. The van der Waals surface area contributed by atoms with Crippen LogP contribution >= 0.6 is 7.26 Å². The second kappa shape index (κ2) is 2.69. The molecule has 0 saturated carbocycles. The van der Waals surface area contributed by atoms with Gasteiger partial charge in [-0.1, -0.05) is 0 Å². The van der Waals surface area contributed by atoms with E-state index in [1.165, 1.54) is 12.0 Å². The van der Waals surface area contributed by atoms with E-state index in [1.54, 1.807) is 0 Å². The molecular formula is C8H17N3P+. The zero-order chi connectivity index (χ0) is 8.77. The highest BCUT2D eigenvalue weighted by atomic mass is 31.2. The molecule has 0 radical (unpaired) electrons. The van der Waals surface area contributed by atoms with Crippen molar-refractivity contribution in [2.24, 2.45) is 5.73 Å². The van der Waals surface area contributed by atoms with Crippen LogP contribution in [0.4, 0.5) is 0 Å². The van der Waals surface area contributed by atoms with Crippen LogP contribution in [0.5, 0.6) is 0 Å². The molecule has 3 nitrogen and oxygen atoms in total. The number of hydrogen-bond acceptors (Lipinski definition) is 3. The van der Waals surface area contributed by atoms with Gasteiger partial charge in [0.1, 0.15) is 6.29 Å². The summed E-state index contributed by atoms with van der Waals surface area (Å²) in [6, 6.07) is 0. The lowest BCUT2D eigenvalue weighted by atomic mass is 10.5. The van der Waals surface area contributed by atoms with Crippen LogP contribution in [0.15, 0.2) is 11.5 Å². The first-order valence-corrected chi connectivity index (χ1v) is 7.26. The SMILES string of the molecule is C[P+]1(C)C=C2CN(CN2CN)C1. The van der Waals surface area contributed by atoms with E-state index >= 15 is 0 Å². The van der Waals surface area contributed by atoms with E-state index in [2.05, 4.69) is 28.9 Å². The van der Waals surface area contributed by atoms with Crippen LogP contribution in [0.1, 0.15) is 0 Å². The summed E-state index contributed by atoms with van der Waals surface area (Å²) in [6.07, 6.45) is 1.27. The highest BCUT2D eigenvalue weighted by Gasteiger charge is 2.38. The van der Waals surface area contributed by atoms with E-state index in [9.17, 15) is 0 Å². The van der Waals surface area contributed by atoms with Gasteiger partial charge < -0.3 is 10.6 Å². The van der Waals surface area contributed by atoms with Crippen LogP contribution in [-0.4, -0.2) is 49.3 Å². The Hall–Kier alpha value is -0.110. The number of nitrogens with two attached hydrogens (primary N) is 1. The summed E-state index contributed by atoms with van der Waals surface area (Å²) in [6.45, 7) is 7.62. The molecule has 2 N–H and O–H groups in total. The average molecular weight is 186 g/mol. The Morgan fingerprint density at radius 3 is 3.00 bits per heavy atom. The Labute approximate surface area is 74.5 Å². The molecule has 2 aliphatic rings. The van der Waals surface area contributed by atoms with Crippen LogP contribution in [0.3, 0.4) is 0 Å². The van der Waals surface area contributed by atoms with E-state index in [-0.39, 0.29) is 0 Å². The molecule has 12 heavy (non-hydrogen) atoms. The van der Waals surface area contributed by atoms with Crippen molar-refractivity contribution in [1.29, 1.82) is 0 Å². The molecule has 2 rings (SSSR count). The predicted molar refractivity (Wildman–Crippen MR) is 54.2 cm³/mol. The summed E-state index contributed by atoms with van der Waals surface area (Å²) in [5.74, 6) is 2.48. The van der Waals surface area contributed by atoms with E-state index in [1.807, 2.05) is 0 Å². The second-order valence-corrected chi connectivity index (χ2v) is 8.33.